The van der Waals surface area contributed by atoms with Crippen molar-refractivity contribution in [3.8, 4) is 0 Å². The van der Waals surface area contributed by atoms with E-state index >= 15 is 0 Å². The molecule has 0 spiro atoms. The third-order valence-electron chi connectivity index (χ3n) is 4.88. The highest BCUT2D eigenvalue weighted by Crippen LogP contribution is 2.38. The summed E-state index contributed by atoms with van der Waals surface area (Å²) in [6, 6.07) is 12.6. The second-order valence-corrected chi connectivity index (χ2v) is 8.63. The lowest BCUT2D eigenvalue weighted by Crippen LogP contribution is -2.36. The first kappa shape index (κ1) is 18.8. The van der Waals surface area contributed by atoms with E-state index in [9.17, 15) is 21.6 Å². The van der Waals surface area contributed by atoms with E-state index in [-0.39, 0.29) is 11.6 Å². The van der Waals surface area contributed by atoms with Gasteiger partial charge in [0.2, 0.25) is 0 Å². The number of rotatable bonds is 3. The Morgan fingerprint density at radius 1 is 1.07 bits per heavy atom. The van der Waals surface area contributed by atoms with E-state index < -0.39 is 20.2 Å². The molecular weight excluding hydrogens is 393 g/mol. The molecule has 1 fully saturated rings. The van der Waals surface area contributed by atoms with Gasteiger partial charge in [0, 0.05) is 13.1 Å². The fourth-order valence-electron chi connectivity index (χ4n) is 3.53. The minimum atomic E-state index is -5.44. The smallest absolute Gasteiger partial charge is 0.440 e. The summed E-state index contributed by atoms with van der Waals surface area (Å²) in [4.78, 5) is 5.43. The number of sulfone groups is 1. The number of fused-ring (bicyclic) bond motifs is 1. The number of oxazole rings is 1. The Morgan fingerprint density at radius 3 is 2.54 bits per heavy atom. The maximum Gasteiger partial charge on any atom is 0.501 e. The maximum absolute atomic E-state index is 13.1. The van der Waals surface area contributed by atoms with Crippen LogP contribution in [0.2, 0.25) is 0 Å². The van der Waals surface area contributed by atoms with E-state index in [1.165, 1.54) is 18.2 Å². The van der Waals surface area contributed by atoms with Crippen molar-refractivity contribution in [1.29, 1.82) is 0 Å². The van der Waals surface area contributed by atoms with Crippen molar-refractivity contribution in [2.45, 2.75) is 29.2 Å². The van der Waals surface area contributed by atoms with Crippen LogP contribution in [0, 0.1) is 0 Å². The Labute approximate surface area is 159 Å². The molecule has 0 amide bonds. The summed E-state index contributed by atoms with van der Waals surface area (Å²) < 4.78 is 69.1. The van der Waals surface area contributed by atoms with Crippen LogP contribution in [0.4, 0.5) is 18.9 Å². The summed E-state index contributed by atoms with van der Waals surface area (Å²) in [5.41, 5.74) is -3.93. The van der Waals surface area contributed by atoms with Crippen molar-refractivity contribution in [3.05, 3.63) is 54.4 Å². The van der Waals surface area contributed by atoms with Gasteiger partial charge in [-0.15, -0.1) is 0 Å². The molecule has 2 aromatic carbocycles. The van der Waals surface area contributed by atoms with Gasteiger partial charge in [0.15, 0.2) is 11.5 Å². The largest absolute Gasteiger partial charge is 0.501 e. The van der Waals surface area contributed by atoms with Gasteiger partial charge in [-0.25, -0.2) is 13.4 Å². The predicted molar refractivity (Wildman–Crippen MR) is 97.9 cm³/mol. The van der Waals surface area contributed by atoms with E-state index in [0.29, 0.717) is 31.0 Å². The Morgan fingerprint density at radius 2 is 1.79 bits per heavy atom. The van der Waals surface area contributed by atoms with Gasteiger partial charge in [0.25, 0.3) is 9.84 Å². The summed E-state index contributed by atoms with van der Waals surface area (Å²) in [6.07, 6.45) is 1.45. The van der Waals surface area contributed by atoms with E-state index in [1.54, 1.807) is 11.0 Å². The lowest BCUT2D eigenvalue weighted by atomic mass is 9.97. The normalized spacial score (nSPS) is 18.5. The number of anilines is 1. The second-order valence-electron chi connectivity index (χ2n) is 6.72. The number of alkyl halides is 3. The first-order valence-corrected chi connectivity index (χ1v) is 10.3. The van der Waals surface area contributed by atoms with Crippen molar-refractivity contribution in [3.63, 3.8) is 0 Å². The Kier molecular flexibility index (Phi) is 4.57. The van der Waals surface area contributed by atoms with Crippen LogP contribution in [-0.4, -0.2) is 32.0 Å². The molecule has 1 aliphatic rings. The lowest BCUT2D eigenvalue weighted by Gasteiger charge is -2.34. The number of hydrogen-bond acceptors (Lipinski definition) is 5. The van der Waals surface area contributed by atoms with Gasteiger partial charge >= 0.3 is 5.51 Å². The lowest BCUT2D eigenvalue weighted by molar-refractivity contribution is -0.0435. The van der Waals surface area contributed by atoms with Crippen LogP contribution in [0.3, 0.4) is 0 Å². The molecule has 1 aromatic heterocycles. The van der Waals surface area contributed by atoms with E-state index in [2.05, 4.69) is 4.98 Å². The number of aromatic nitrogens is 1. The molecule has 9 heteroatoms. The molecule has 0 bridgehead atoms. The zero-order valence-electron chi connectivity index (χ0n) is 14.7. The molecule has 2 heterocycles. The first-order chi connectivity index (χ1) is 13.3. The SMILES string of the molecule is O=S(=O)(c1ccccc1N1CCCC(c2nc3ccccc3o2)C1)C(F)(F)F. The quantitative estimate of drug-likeness (QED) is 0.636. The molecule has 4 rings (SSSR count). The van der Waals surface area contributed by atoms with Crippen molar-refractivity contribution >= 4 is 26.6 Å². The van der Waals surface area contributed by atoms with Gasteiger partial charge < -0.3 is 9.32 Å². The van der Waals surface area contributed by atoms with Gasteiger partial charge in [-0.2, -0.15) is 13.2 Å². The number of benzene rings is 2. The van der Waals surface area contributed by atoms with Crippen molar-refractivity contribution in [2.75, 3.05) is 18.0 Å². The van der Waals surface area contributed by atoms with Crippen molar-refractivity contribution in [2.24, 2.45) is 0 Å². The van der Waals surface area contributed by atoms with Crippen molar-refractivity contribution in [1.82, 2.24) is 4.98 Å². The zero-order chi connectivity index (χ0) is 19.9. The van der Waals surface area contributed by atoms with Gasteiger partial charge in [-0.3, -0.25) is 0 Å². The summed E-state index contributed by atoms with van der Waals surface area (Å²) in [5.74, 6) is 0.379. The number of halogens is 3. The second kappa shape index (κ2) is 6.80. The molecule has 0 saturated carbocycles. The third-order valence-corrected chi connectivity index (χ3v) is 6.41. The van der Waals surface area contributed by atoms with E-state index in [0.717, 1.165) is 18.0 Å². The van der Waals surface area contributed by atoms with E-state index in [1.807, 2.05) is 18.2 Å². The highest BCUT2D eigenvalue weighted by molar-refractivity contribution is 7.92. The minimum Gasteiger partial charge on any atom is -0.440 e. The molecule has 3 aromatic rings. The van der Waals surface area contributed by atoms with Gasteiger partial charge in [-0.1, -0.05) is 24.3 Å². The topological polar surface area (TPSA) is 63.4 Å². The zero-order valence-corrected chi connectivity index (χ0v) is 15.5. The van der Waals surface area contributed by atoms with Crippen LogP contribution < -0.4 is 4.90 Å². The van der Waals surface area contributed by atoms with Crippen LogP contribution in [0.25, 0.3) is 11.1 Å². The van der Waals surface area contributed by atoms with Crippen LogP contribution in [0.1, 0.15) is 24.7 Å². The average molecular weight is 410 g/mol. The Bertz CT molecular complexity index is 1080. The number of para-hydroxylation sites is 3. The number of piperidine rings is 1. The molecule has 148 valence electrons. The molecule has 1 saturated heterocycles. The van der Waals surface area contributed by atoms with Crippen LogP contribution >= 0.6 is 0 Å². The van der Waals surface area contributed by atoms with Crippen LogP contribution in [0.5, 0.6) is 0 Å². The molecule has 0 radical (unpaired) electrons. The summed E-state index contributed by atoms with van der Waals surface area (Å²) in [7, 11) is -5.44. The summed E-state index contributed by atoms with van der Waals surface area (Å²) >= 11 is 0. The molecule has 1 unspecified atom stereocenters. The van der Waals surface area contributed by atoms with Crippen molar-refractivity contribution < 1.29 is 26.0 Å². The molecule has 1 aliphatic heterocycles. The minimum absolute atomic E-state index is 0.0561. The molecule has 0 N–H and O–H groups in total. The molecular formula is C19H17F3N2O3S. The van der Waals surface area contributed by atoms with E-state index in [4.69, 9.17) is 4.42 Å². The Balaban J connectivity index is 1.67. The molecule has 28 heavy (non-hydrogen) atoms. The van der Waals surface area contributed by atoms with Gasteiger partial charge in [-0.05, 0) is 37.1 Å². The molecule has 1 atom stereocenters. The van der Waals surface area contributed by atoms with Gasteiger partial charge in [0.05, 0.1) is 16.5 Å². The monoisotopic (exact) mass is 410 g/mol. The maximum atomic E-state index is 13.1. The summed E-state index contributed by atoms with van der Waals surface area (Å²) in [6.45, 7) is 0.790. The highest BCUT2D eigenvalue weighted by atomic mass is 32.2. The molecule has 5 nitrogen and oxygen atoms in total. The standard InChI is InChI=1S/C19H17F3N2O3S/c20-19(21,22)28(25,26)17-10-4-2-8-15(17)24-11-5-6-13(12-24)18-23-14-7-1-3-9-16(14)27-18/h1-4,7-10,13H,5-6,11-12H2. The Hall–Kier alpha value is -2.55. The van der Waals surface area contributed by atoms with Gasteiger partial charge in [0.1, 0.15) is 5.52 Å². The molecule has 0 aliphatic carbocycles. The fourth-order valence-corrected chi connectivity index (χ4v) is 4.51. The highest BCUT2D eigenvalue weighted by Gasteiger charge is 2.48. The number of nitrogens with zero attached hydrogens (tertiary/aromatic N) is 2. The van der Waals surface area contributed by atoms with Crippen LogP contribution in [-0.2, 0) is 9.84 Å². The fraction of sp³-hybridized carbons (Fsp3) is 0.316. The number of hydrogen-bond donors (Lipinski definition) is 0. The third kappa shape index (κ3) is 3.23. The van der Waals surface area contributed by atoms with Crippen LogP contribution in [0.15, 0.2) is 57.8 Å². The first-order valence-electron chi connectivity index (χ1n) is 8.78. The summed E-state index contributed by atoms with van der Waals surface area (Å²) in [5, 5.41) is 0. The predicted octanol–water partition coefficient (Wildman–Crippen LogP) is 4.51. The average Bonchev–Trinajstić information content (AvgIpc) is 3.11.